The zero-order chi connectivity index (χ0) is 20.9. The highest BCUT2D eigenvalue weighted by Gasteiger charge is 2.56. The summed E-state index contributed by atoms with van der Waals surface area (Å²) in [5.41, 5.74) is 1.91. The number of hydrazine groups is 1. The first-order valence-corrected chi connectivity index (χ1v) is 10.1. The summed E-state index contributed by atoms with van der Waals surface area (Å²) >= 11 is 6.33. The van der Waals surface area contributed by atoms with Crippen molar-refractivity contribution in [2.45, 2.75) is 18.9 Å². The minimum absolute atomic E-state index is 0.0163. The van der Waals surface area contributed by atoms with Crippen LogP contribution < -0.4 is 10.0 Å². The first kappa shape index (κ1) is 18.6. The highest BCUT2D eigenvalue weighted by molar-refractivity contribution is 6.32. The van der Waals surface area contributed by atoms with Crippen molar-refractivity contribution in [2.75, 3.05) is 16.6 Å². The van der Waals surface area contributed by atoms with Gasteiger partial charge in [-0.05, 0) is 48.8 Å². The van der Waals surface area contributed by atoms with Crippen LogP contribution in [0.5, 0.6) is 0 Å². The van der Waals surface area contributed by atoms with Crippen LogP contribution in [0.15, 0.2) is 76.5 Å². The smallest absolute Gasteiger partial charge is 0.335 e. The Kier molecular flexibility index (Phi) is 4.23. The van der Waals surface area contributed by atoms with Crippen LogP contribution in [0.1, 0.15) is 18.4 Å². The molecule has 0 bridgehead atoms. The number of allylic oxidation sites excluding steroid dienone is 3. The summed E-state index contributed by atoms with van der Waals surface area (Å²) < 4.78 is 5.77. The van der Waals surface area contributed by atoms with Gasteiger partial charge in [-0.15, -0.1) is 0 Å². The van der Waals surface area contributed by atoms with Crippen molar-refractivity contribution in [1.82, 2.24) is 0 Å². The highest BCUT2D eigenvalue weighted by atomic mass is 35.5. The summed E-state index contributed by atoms with van der Waals surface area (Å²) in [6.07, 6.45) is 10.9. The molecule has 1 saturated heterocycles. The molecule has 30 heavy (non-hydrogen) atoms. The van der Waals surface area contributed by atoms with E-state index in [1.165, 1.54) is 0 Å². The maximum atomic E-state index is 11.9. The molecule has 1 aromatic carbocycles. The largest absolute Gasteiger partial charge is 0.478 e. The first-order valence-electron chi connectivity index (χ1n) is 9.69. The molecular formula is C23H18ClN3O3. The number of aliphatic carboxylic acids is 1. The molecule has 2 aromatic rings. The molecule has 1 aromatic heterocycles. The van der Waals surface area contributed by atoms with Crippen LogP contribution in [0.25, 0.3) is 0 Å². The lowest BCUT2D eigenvalue weighted by Gasteiger charge is -2.40. The fourth-order valence-corrected chi connectivity index (χ4v) is 5.10. The number of anilines is 2. The van der Waals surface area contributed by atoms with E-state index >= 15 is 0 Å². The van der Waals surface area contributed by atoms with Crippen LogP contribution in [0, 0.1) is 16.7 Å². The summed E-state index contributed by atoms with van der Waals surface area (Å²) in [7, 11) is 0. The van der Waals surface area contributed by atoms with E-state index in [-0.39, 0.29) is 6.04 Å². The number of rotatable bonds is 3. The van der Waals surface area contributed by atoms with Gasteiger partial charge in [-0.2, -0.15) is 5.26 Å². The number of furan rings is 1. The molecule has 0 amide bonds. The number of carboxylic acids is 1. The van der Waals surface area contributed by atoms with Gasteiger partial charge in [0.25, 0.3) is 0 Å². The molecule has 0 saturated carbocycles. The van der Waals surface area contributed by atoms with Crippen LogP contribution in [0.2, 0.25) is 5.02 Å². The lowest BCUT2D eigenvalue weighted by atomic mass is 9.65. The molecule has 6 nitrogen and oxygen atoms in total. The Morgan fingerprint density at radius 3 is 2.93 bits per heavy atom. The average molecular weight is 420 g/mol. The third-order valence-electron chi connectivity index (χ3n) is 6.13. The minimum Gasteiger partial charge on any atom is -0.478 e. The highest BCUT2D eigenvalue weighted by Crippen LogP contribution is 2.53. The molecular weight excluding hydrogens is 402 g/mol. The van der Waals surface area contributed by atoms with Crippen LogP contribution in [0.3, 0.4) is 0 Å². The van der Waals surface area contributed by atoms with Gasteiger partial charge in [0.2, 0.25) is 5.88 Å². The number of halogens is 1. The Morgan fingerprint density at radius 2 is 2.23 bits per heavy atom. The van der Waals surface area contributed by atoms with Crippen LogP contribution in [-0.2, 0) is 4.79 Å². The third kappa shape index (κ3) is 2.59. The number of nitriles is 1. The number of hydrogen-bond acceptors (Lipinski definition) is 5. The Morgan fingerprint density at radius 1 is 1.37 bits per heavy atom. The van der Waals surface area contributed by atoms with Gasteiger partial charge in [0, 0.05) is 6.07 Å². The van der Waals surface area contributed by atoms with Crippen molar-refractivity contribution in [2.24, 2.45) is 5.41 Å². The molecule has 1 aliphatic heterocycles. The van der Waals surface area contributed by atoms with Crippen molar-refractivity contribution in [3.8, 4) is 6.07 Å². The molecule has 7 heteroatoms. The predicted octanol–water partition coefficient (Wildman–Crippen LogP) is 4.70. The lowest BCUT2D eigenvalue weighted by molar-refractivity contribution is -0.132. The molecule has 5 rings (SSSR count). The van der Waals surface area contributed by atoms with Gasteiger partial charge in [0.05, 0.1) is 46.1 Å². The first-order chi connectivity index (χ1) is 14.5. The normalized spacial score (nSPS) is 24.6. The predicted molar refractivity (Wildman–Crippen MR) is 113 cm³/mol. The number of benzene rings is 1. The quantitative estimate of drug-likeness (QED) is 0.776. The van der Waals surface area contributed by atoms with Crippen molar-refractivity contribution < 1.29 is 14.3 Å². The van der Waals surface area contributed by atoms with Gasteiger partial charge >= 0.3 is 5.97 Å². The van der Waals surface area contributed by atoms with Crippen molar-refractivity contribution in [3.05, 3.63) is 82.6 Å². The van der Waals surface area contributed by atoms with E-state index < -0.39 is 11.4 Å². The van der Waals surface area contributed by atoms with Crippen molar-refractivity contribution in [1.29, 1.82) is 5.26 Å². The van der Waals surface area contributed by atoms with Crippen molar-refractivity contribution in [3.63, 3.8) is 0 Å². The van der Waals surface area contributed by atoms with Crippen LogP contribution in [0.4, 0.5) is 11.6 Å². The third-order valence-corrected chi connectivity index (χ3v) is 6.44. The van der Waals surface area contributed by atoms with E-state index in [2.05, 4.69) is 28.2 Å². The van der Waals surface area contributed by atoms with Gasteiger partial charge in [-0.1, -0.05) is 29.8 Å². The van der Waals surface area contributed by atoms with E-state index in [1.807, 2.05) is 24.3 Å². The summed E-state index contributed by atoms with van der Waals surface area (Å²) in [6, 6.07) is 11.1. The molecule has 2 aliphatic carbocycles. The zero-order valence-electron chi connectivity index (χ0n) is 16.0. The summed E-state index contributed by atoms with van der Waals surface area (Å²) in [5, 5.41) is 23.6. The van der Waals surface area contributed by atoms with Crippen molar-refractivity contribution >= 4 is 29.1 Å². The van der Waals surface area contributed by atoms with Crippen LogP contribution in [-0.4, -0.2) is 23.7 Å². The summed E-state index contributed by atoms with van der Waals surface area (Å²) in [5.74, 6) is -0.242. The fraction of sp³-hybridized carbons (Fsp3) is 0.217. The van der Waals surface area contributed by atoms with Crippen LogP contribution >= 0.6 is 11.6 Å². The molecule has 2 unspecified atom stereocenters. The number of hydrogen-bond donors (Lipinski definition) is 1. The zero-order valence-corrected chi connectivity index (χ0v) is 16.7. The van der Waals surface area contributed by atoms with Gasteiger partial charge < -0.3 is 9.52 Å². The number of nitrogens with zero attached hydrogens (tertiary/aromatic N) is 3. The van der Waals surface area contributed by atoms with E-state index in [0.29, 0.717) is 28.6 Å². The number of carboxylic acid groups (broad SMARTS) is 1. The van der Waals surface area contributed by atoms with E-state index in [4.69, 9.17) is 16.0 Å². The lowest BCUT2D eigenvalue weighted by Crippen LogP contribution is -2.45. The Balaban J connectivity index is 1.66. The van der Waals surface area contributed by atoms with Gasteiger partial charge in [0.15, 0.2) is 0 Å². The maximum Gasteiger partial charge on any atom is 0.335 e. The molecule has 2 atom stereocenters. The molecule has 1 fully saturated rings. The molecule has 2 heterocycles. The second kappa shape index (κ2) is 6.82. The van der Waals surface area contributed by atoms with E-state index in [1.54, 1.807) is 24.5 Å². The Labute approximate surface area is 178 Å². The van der Waals surface area contributed by atoms with E-state index in [0.717, 1.165) is 24.1 Å². The monoisotopic (exact) mass is 419 g/mol. The topological polar surface area (TPSA) is 80.7 Å². The second-order valence-corrected chi connectivity index (χ2v) is 8.03. The average Bonchev–Trinajstić information content (AvgIpc) is 3.37. The summed E-state index contributed by atoms with van der Waals surface area (Å²) in [4.78, 5) is 11.9. The van der Waals surface area contributed by atoms with Gasteiger partial charge in [0.1, 0.15) is 6.07 Å². The second-order valence-electron chi connectivity index (χ2n) is 7.63. The molecule has 0 radical (unpaired) electrons. The van der Waals surface area contributed by atoms with E-state index in [9.17, 15) is 15.2 Å². The maximum absolute atomic E-state index is 11.9. The Hall–Kier alpha value is -3.43. The molecule has 150 valence electrons. The van der Waals surface area contributed by atoms with Gasteiger partial charge in [-0.3, -0.25) is 5.01 Å². The SMILES string of the molecule is N#Cc1ccc(N2CC34C=CC=C(C(=O)O)C3=CCCC4N2c2ccco2)cc1Cl. The minimum atomic E-state index is -0.921. The standard InChI is InChI=1S/C23H18ClN3O3/c24-19-12-16(9-8-15(19)13-25)26-14-23-10-2-4-17(22(28)29)18(23)5-1-6-20(23)27(26)21-7-3-11-30-21/h2-5,7-12,20H,1,6,14H2,(H,28,29). The molecule has 1 N–H and O–H groups in total. The summed E-state index contributed by atoms with van der Waals surface area (Å²) in [6.45, 7) is 0.535. The number of carbonyl (C=O) groups is 1. The molecule has 3 aliphatic rings. The fourth-order valence-electron chi connectivity index (χ4n) is 4.89. The molecule has 1 spiro atoms. The Bertz CT molecular complexity index is 1160. The van der Waals surface area contributed by atoms with Gasteiger partial charge in [-0.25, -0.2) is 9.80 Å².